The highest BCUT2D eigenvalue weighted by atomic mass is 127. The van der Waals surface area contributed by atoms with E-state index in [0.29, 0.717) is 22.9 Å². The van der Waals surface area contributed by atoms with Gasteiger partial charge in [-0.2, -0.15) is 0 Å². The van der Waals surface area contributed by atoms with Crippen LogP contribution in [0.2, 0.25) is 5.15 Å². The largest absolute Gasteiger partial charge is 0.287 e. The van der Waals surface area contributed by atoms with E-state index >= 15 is 0 Å². The van der Waals surface area contributed by atoms with E-state index in [2.05, 4.69) is 37.0 Å². The van der Waals surface area contributed by atoms with E-state index in [1.54, 1.807) is 6.33 Å². The number of aromatic nitrogens is 4. The van der Waals surface area contributed by atoms with E-state index in [1.807, 2.05) is 11.3 Å². The van der Waals surface area contributed by atoms with E-state index in [4.69, 9.17) is 11.6 Å². The van der Waals surface area contributed by atoms with E-state index in [-0.39, 0.29) is 0 Å². The lowest BCUT2D eigenvalue weighted by atomic mass is 10.5. The van der Waals surface area contributed by atoms with E-state index in [1.165, 1.54) is 0 Å². The second-order valence-corrected chi connectivity index (χ2v) is 4.89. The zero-order valence-corrected chi connectivity index (χ0v) is 10.5. The SMILES string of the molecule is Cc1nc(Cl)c2ncn(PI)c2n1. The molecule has 0 saturated carbocycles. The molecule has 0 fully saturated rings. The van der Waals surface area contributed by atoms with Crippen LogP contribution in [0, 0.1) is 6.92 Å². The molecule has 13 heavy (non-hydrogen) atoms. The lowest BCUT2D eigenvalue weighted by Gasteiger charge is -1.97. The van der Waals surface area contributed by atoms with Crippen molar-refractivity contribution in [2.45, 2.75) is 6.92 Å². The molecule has 4 nitrogen and oxygen atoms in total. The Kier molecular flexibility index (Phi) is 2.67. The van der Waals surface area contributed by atoms with Crippen molar-refractivity contribution in [3.63, 3.8) is 0 Å². The first-order valence-electron chi connectivity index (χ1n) is 3.46. The Balaban J connectivity index is 2.82. The number of rotatable bonds is 1. The molecule has 1 atom stereocenters. The highest BCUT2D eigenvalue weighted by molar-refractivity contribution is 14.2. The Labute approximate surface area is 94.4 Å². The normalized spacial score (nSPS) is 11.9. The van der Waals surface area contributed by atoms with Gasteiger partial charge in [0.15, 0.2) is 10.8 Å². The topological polar surface area (TPSA) is 43.6 Å². The van der Waals surface area contributed by atoms with Gasteiger partial charge in [-0.15, -0.1) is 0 Å². The number of imidazole rings is 1. The first kappa shape index (κ1) is 9.55. The maximum Gasteiger partial charge on any atom is 0.168 e. The summed E-state index contributed by atoms with van der Waals surface area (Å²) in [4.78, 5) is 12.4. The average Bonchev–Trinajstić information content (AvgIpc) is 2.47. The van der Waals surface area contributed by atoms with Crippen molar-refractivity contribution in [2.75, 3.05) is 0 Å². The Morgan fingerprint density at radius 3 is 3.00 bits per heavy atom. The van der Waals surface area contributed by atoms with Gasteiger partial charge in [-0.05, 0) is 29.0 Å². The standard InChI is InChI=1S/C6H5ClIN4P/c1-3-10-5(7)4-6(11-3)12(13-8)2-9-4/h2,13H,1H3. The summed E-state index contributed by atoms with van der Waals surface area (Å²) in [5.74, 6) is 0.675. The lowest BCUT2D eigenvalue weighted by molar-refractivity contribution is 1.07. The third-order valence-electron chi connectivity index (χ3n) is 1.56. The van der Waals surface area contributed by atoms with Crippen LogP contribution in [0.25, 0.3) is 11.2 Å². The summed E-state index contributed by atoms with van der Waals surface area (Å²) in [6.07, 6.45) is 2.31. The van der Waals surface area contributed by atoms with Crippen LogP contribution in [0.4, 0.5) is 0 Å². The van der Waals surface area contributed by atoms with Crippen LogP contribution >= 0.6 is 40.0 Å². The van der Waals surface area contributed by atoms with Gasteiger partial charge in [-0.3, -0.25) is 4.34 Å². The Hall–Kier alpha value is -0.000000000000000111. The third-order valence-corrected chi connectivity index (χ3v) is 3.89. The minimum atomic E-state index is 0.427. The zero-order chi connectivity index (χ0) is 9.42. The maximum absolute atomic E-state index is 5.91. The molecule has 0 aliphatic carbocycles. The predicted octanol–water partition coefficient (Wildman–Crippen LogP) is 2.58. The second-order valence-electron chi connectivity index (χ2n) is 2.43. The summed E-state index contributed by atoms with van der Waals surface area (Å²) >= 11 is 8.18. The highest BCUT2D eigenvalue weighted by Crippen LogP contribution is 2.29. The number of aryl methyl sites for hydroxylation is 1. The predicted molar refractivity (Wildman–Crippen MR) is 62.8 cm³/mol. The van der Waals surface area contributed by atoms with Gasteiger partial charge >= 0.3 is 0 Å². The quantitative estimate of drug-likeness (QED) is 0.460. The van der Waals surface area contributed by atoms with Gasteiger partial charge in [0.25, 0.3) is 0 Å². The Morgan fingerprint density at radius 2 is 2.31 bits per heavy atom. The summed E-state index contributed by atoms with van der Waals surface area (Å²) in [5, 5.41) is 0.427. The fraction of sp³-hybridized carbons (Fsp3) is 0.167. The number of hydrogen-bond donors (Lipinski definition) is 0. The number of hydrogen-bond acceptors (Lipinski definition) is 3. The molecule has 7 heteroatoms. The fourth-order valence-electron chi connectivity index (χ4n) is 1.03. The minimum Gasteiger partial charge on any atom is -0.287 e. The third kappa shape index (κ3) is 1.65. The molecule has 0 aliphatic rings. The molecule has 0 spiro atoms. The first-order chi connectivity index (χ1) is 6.22. The van der Waals surface area contributed by atoms with Crippen LogP contribution in [0.15, 0.2) is 6.33 Å². The molecule has 0 radical (unpaired) electrons. The maximum atomic E-state index is 5.91. The summed E-state index contributed by atoms with van der Waals surface area (Å²) < 4.78 is 1.95. The molecule has 2 rings (SSSR count). The molecule has 0 aliphatic heterocycles. The van der Waals surface area contributed by atoms with Crippen molar-refractivity contribution in [1.29, 1.82) is 0 Å². The molecule has 68 valence electrons. The monoisotopic (exact) mass is 326 g/mol. The molecule has 0 saturated heterocycles. The van der Waals surface area contributed by atoms with Gasteiger partial charge in [-0.25, -0.2) is 15.0 Å². The molecule has 0 aromatic carbocycles. The minimum absolute atomic E-state index is 0.427. The van der Waals surface area contributed by atoms with Crippen LogP contribution < -0.4 is 0 Å². The zero-order valence-electron chi connectivity index (χ0n) is 6.62. The molecule has 0 N–H and O–H groups in total. The van der Waals surface area contributed by atoms with Crippen LogP contribution in [0.1, 0.15) is 5.82 Å². The van der Waals surface area contributed by atoms with Gasteiger partial charge in [0.05, 0.1) is 6.37 Å². The Bertz CT molecular complexity index is 457. The van der Waals surface area contributed by atoms with E-state index < -0.39 is 0 Å². The van der Waals surface area contributed by atoms with Gasteiger partial charge in [-0.1, -0.05) is 11.6 Å². The van der Waals surface area contributed by atoms with Crippen molar-refractivity contribution in [2.24, 2.45) is 0 Å². The van der Waals surface area contributed by atoms with Crippen LogP contribution in [-0.2, 0) is 0 Å². The molecule has 2 aromatic heterocycles. The number of halogens is 2. The number of nitrogens with zero attached hydrogens (tertiary/aromatic N) is 4. The highest BCUT2D eigenvalue weighted by Gasteiger charge is 2.08. The molecular weight excluding hydrogens is 321 g/mol. The fourth-order valence-corrected chi connectivity index (χ4v) is 2.68. The Morgan fingerprint density at radius 1 is 1.54 bits per heavy atom. The van der Waals surface area contributed by atoms with Gasteiger partial charge in [0.1, 0.15) is 17.7 Å². The summed E-state index contributed by atoms with van der Waals surface area (Å²) in [6, 6.07) is 0. The molecular formula is C6H5ClIN4P. The average molecular weight is 326 g/mol. The van der Waals surface area contributed by atoms with Crippen LogP contribution in [0.3, 0.4) is 0 Å². The van der Waals surface area contributed by atoms with Crippen LogP contribution in [0.5, 0.6) is 0 Å². The molecule has 0 amide bonds. The van der Waals surface area contributed by atoms with Gasteiger partial charge in [0, 0.05) is 0 Å². The first-order valence-corrected chi connectivity index (χ1v) is 7.90. The van der Waals surface area contributed by atoms with Gasteiger partial charge < -0.3 is 0 Å². The van der Waals surface area contributed by atoms with Crippen molar-refractivity contribution >= 4 is 51.2 Å². The molecule has 1 unspecified atom stereocenters. The number of fused-ring (bicyclic) bond motifs is 1. The van der Waals surface area contributed by atoms with Crippen molar-refractivity contribution in [3.05, 3.63) is 17.3 Å². The van der Waals surface area contributed by atoms with Crippen LogP contribution in [-0.4, -0.2) is 19.3 Å². The summed E-state index contributed by atoms with van der Waals surface area (Å²) in [5.41, 5.74) is 1.49. The summed E-state index contributed by atoms with van der Waals surface area (Å²) in [6.45, 7) is 1.82. The second kappa shape index (κ2) is 3.63. The summed E-state index contributed by atoms with van der Waals surface area (Å²) in [7, 11) is 0. The van der Waals surface area contributed by atoms with Crippen molar-refractivity contribution < 1.29 is 0 Å². The molecule has 0 bridgehead atoms. The van der Waals surface area contributed by atoms with Crippen molar-refractivity contribution in [3.8, 4) is 0 Å². The smallest absolute Gasteiger partial charge is 0.168 e. The van der Waals surface area contributed by atoms with Crippen molar-refractivity contribution in [1.82, 2.24) is 19.3 Å². The van der Waals surface area contributed by atoms with Gasteiger partial charge in [0.2, 0.25) is 0 Å². The molecule has 2 aromatic rings. The van der Waals surface area contributed by atoms with E-state index in [0.717, 1.165) is 5.65 Å². The molecule has 2 heterocycles. The lowest BCUT2D eigenvalue weighted by Crippen LogP contribution is -1.91. The van der Waals surface area contributed by atoms with E-state index in [9.17, 15) is 0 Å².